The highest BCUT2D eigenvalue weighted by Crippen LogP contribution is 2.26. The minimum absolute atomic E-state index is 0.0518. The molecule has 0 aliphatic rings. The molecule has 0 saturated heterocycles. The molecule has 0 aromatic heterocycles. The lowest BCUT2D eigenvalue weighted by atomic mass is 9.69. The number of nitrogens with two attached hydrogens (primary N) is 1. The molecule has 0 saturated carbocycles. The van der Waals surface area contributed by atoms with Crippen LogP contribution in [0.4, 0.5) is 0 Å². The van der Waals surface area contributed by atoms with Crippen molar-refractivity contribution in [2.75, 3.05) is 0 Å². The quantitative estimate of drug-likeness (QED) is 0.604. The molecule has 1 atom stereocenters. The van der Waals surface area contributed by atoms with E-state index in [9.17, 15) is 0 Å². The van der Waals surface area contributed by atoms with Crippen molar-refractivity contribution in [1.82, 2.24) is 0 Å². The smallest absolute Gasteiger partial charge is 0.0738 e. The van der Waals surface area contributed by atoms with Gasteiger partial charge in [0.15, 0.2) is 0 Å². The third kappa shape index (κ3) is 8.12. The van der Waals surface area contributed by atoms with Crippen LogP contribution in [0.1, 0.15) is 52.9 Å². The van der Waals surface area contributed by atoms with Crippen LogP contribution in [0.25, 0.3) is 0 Å². The Morgan fingerprint density at radius 3 is 2.33 bits per heavy atom. The molecule has 0 aliphatic heterocycles. The summed E-state index contributed by atoms with van der Waals surface area (Å²) in [5.41, 5.74) is 5.91. The zero-order valence-electron chi connectivity index (χ0n) is 8.77. The van der Waals surface area contributed by atoms with E-state index in [1.54, 1.807) is 0 Å². The molecule has 1 nitrogen and oxygen atoms in total. The average molecular weight is 167 g/mol. The van der Waals surface area contributed by atoms with E-state index in [1.807, 2.05) is 0 Å². The standard InChI is InChI=1S/C10H22BN/c1-4-5-6-9(12)7-8-10(2,3)11/h9H,4-8,12H2,1-3H3. The Morgan fingerprint density at radius 2 is 1.92 bits per heavy atom. The highest BCUT2D eigenvalue weighted by molar-refractivity contribution is 6.14. The molecule has 0 aliphatic carbocycles. The average Bonchev–Trinajstić information content (AvgIpc) is 1.95. The Morgan fingerprint density at radius 1 is 1.33 bits per heavy atom. The van der Waals surface area contributed by atoms with Crippen LogP contribution < -0.4 is 5.73 Å². The van der Waals surface area contributed by atoms with E-state index >= 15 is 0 Å². The van der Waals surface area contributed by atoms with Gasteiger partial charge in [0, 0.05) is 6.04 Å². The van der Waals surface area contributed by atoms with Gasteiger partial charge in [-0.3, -0.25) is 0 Å². The topological polar surface area (TPSA) is 26.0 Å². The molecule has 2 N–H and O–H groups in total. The molecule has 0 aromatic carbocycles. The number of hydrogen-bond acceptors (Lipinski definition) is 1. The Bertz CT molecular complexity index is 107. The Kier molecular flexibility index (Phi) is 5.64. The van der Waals surface area contributed by atoms with Crippen molar-refractivity contribution < 1.29 is 0 Å². The van der Waals surface area contributed by atoms with E-state index in [4.69, 9.17) is 13.6 Å². The first-order valence-corrected chi connectivity index (χ1v) is 5.00. The summed E-state index contributed by atoms with van der Waals surface area (Å²) in [7, 11) is 5.86. The van der Waals surface area contributed by atoms with Gasteiger partial charge in [0.2, 0.25) is 0 Å². The van der Waals surface area contributed by atoms with Crippen molar-refractivity contribution in [2.45, 2.75) is 64.2 Å². The fraction of sp³-hybridized carbons (Fsp3) is 1.00. The minimum Gasteiger partial charge on any atom is -0.328 e. The van der Waals surface area contributed by atoms with Crippen LogP contribution in [0.5, 0.6) is 0 Å². The summed E-state index contributed by atoms with van der Waals surface area (Å²) >= 11 is 0. The fourth-order valence-corrected chi connectivity index (χ4v) is 1.17. The summed E-state index contributed by atoms with van der Waals surface area (Å²) in [6.45, 7) is 6.30. The maximum absolute atomic E-state index is 5.91. The minimum atomic E-state index is -0.0518. The predicted octanol–water partition coefficient (Wildman–Crippen LogP) is 2.65. The van der Waals surface area contributed by atoms with Crippen LogP contribution in [-0.2, 0) is 0 Å². The van der Waals surface area contributed by atoms with Gasteiger partial charge in [0.05, 0.1) is 7.85 Å². The monoisotopic (exact) mass is 167 g/mol. The SMILES string of the molecule is [B]C(C)(C)CCC(N)CCCC. The molecular weight excluding hydrogens is 145 g/mol. The third-order valence-corrected chi connectivity index (χ3v) is 2.09. The van der Waals surface area contributed by atoms with Gasteiger partial charge < -0.3 is 5.73 Å². The van der Waals surface area contributed by atoms with Gasteiger partial charge in [-0.25, -0.2) is 0 Å². The molecule has 70 valence electrons. The van der Waals surface area contributed by atoms with E-state index in [-0.39, 0.29) is 5.31 Å². The molecule has 1 unspecified atom stereocenters. The largest absolute Gasteiger partial charge is 0.328 e. The van der Waals surface area contributed by atoms with Gasteiger partial charge in [0.25, 0.3) is 0 Å². The van der Waals surface area contributed by atoms with E-state index in [2.05, 4.69) is 20.8 Å². The van der Waals surface area contributed by atoms with Crippen molar-refractivity contribution in [3.05, 3.63) is 0 Å². The summed E-state index contributed by atoms with van der Waals surface area (Å²) in [5, 5.41) is -0.0518. The third-order valence-electron chi connectivity index (χ3n) is 2.09. The van der Waals surface area contributed by atoms with Gasteiger partial charge in [0.1, 0.15) is 0 Å². The van der Waals surface area contributed by atoms with Crippen molar-refractivity contribution in [3.8, 4) is 0 Å². The van der Waals surface area contributed by atoms with Crippen molar-refractivity contribution in [1.29, 1.82) is 0 Å². The van der Waals surface area contributed by atoms with Crippen LogP contribution >= 0.6 is 0 Å². The summed E-state index contributed by atoms with van der Waals surface area (Å²) < 4.78 is 0. The summed E-state index contributed by atoms with van der Waals surface area (Å²) in [5.74, 6) is 0. The van der Waals surface area contributed by atoms with E-state index in [0.29, 0.717) is 6.04 Å². The van der Waals surface area contributed by atoms with Gasteiger partial charge in [-0.2, -0.15) is 0 Å². The van der Waals surface area contributed by atoms with E-state index in [0.717, 1.165) is 19.3 Å². The molecule has 12 heavy (non-hydrogen) atoms. The fourth-order valence-electron chi connectivity index (χ4n) is 1.17. The highest BCUT2D eigenvalue weighted by atomic mass is 14.6. The van der Waals surface area contributed by atoms with Crippen LogP contribution in [0.3, 0.4) is 0 Å². The molecular formula is C10H22BN. The molecule has 0 bridgehead atoms. The number of hydrogen-bond donors (Lipinski definition) is 1. The van der Waals surface area contributed by atoms with E-state index in [1.165, 1.54) is 12.8 Å². The van der Waals surface area contributed by atoms with Gasteiger partial charge in [-0.15, -0.1) is 0 Å². The second kappa shape index (κ2) is 5.63. The zero-order chi connectivity index (χ0) is 9.61. The number of rotatable bonds is 6. The highest BCUT2D eigenvalue weighted by Gasteiger charge is 2.11. The summed E-state index contributed by atoms with van der Waals surface area (Å²) in [4.78, 5) is 0. The van der Waals surface area contributed by atoms with Crippen LogP contribution in [0, 0.1) is 0 Å². The van der Waals surface area contributed by atoms with Crippen molar-refractivity contribution in [3.63, 3.8) is 0 Å². The molecule has 0 aromatic rings. The molecule has 2 heteroatoms. The lowest BCUT2D eigenvalue weighted by Gasteiger charge is -2.21. The molecule has 0 fully saturated rings. The first kappa shape index (κ1) is 12.0. The maximum atomic E-state index is 5.91. The predicted molar refractivity (Wildman–Crippen MR) is 56.5 cm³/mol. The van der Waals surface area contributed by atoms with Crippen molar-refractivity contribution in [2.24, 2.45) is 5.73 Å². The van der Waals surface area contributed by atoms with Gasteiger partial charge in [-0.1, -0.05) is 45.3 Å². The lowest BCUT2D eigenvalue weighted by molar-refractivity contribution is 0.479. The number of unbranched alkanes of at least 4 members (excludes halogenated alkanes) is 1. The Labute approximate surface area is 78.5 Å². The first-order chi connectivity index (χ1) is 5.45. The van der Waals surface area contributed by atoms with Gasteiger partial charge in [-0.05, 0) is 12.8 Å². The Hall–Kier alpha value is 0.0249. The molecule has 0 spiro atoms. The molecule has 0 rings (SSSR count). The van der Waals surface area contributed by atoms with E-state index < -0.39 is 0 Å². The summed E-state index contributed by atoms with van der Waals surface area (Å²) in [6.07, 6.45) is 5.71. The second-order valence-electron chi connectivity index (χ2n) is 4.43. The molecule has 0 heterocycles. The van der Waals surface area contributed by atoms with Crippen LogP contribution in [0.2, 0.25) is 5.31 Å². The Balaban J connectivity index is 3.37. The lowest BCUT2D eigenvalue weighted by Crippen LogP contribution is -2.21. The zero-order valence-corrected chi connectivity index (χ0v) is 8.77. The summed E-state index contributed by atoms with van der Waals surface area (Å²) in [6, 6.07) is 0.354. The van der Waals surface area contributed by atoms with Crippen molar-refractivity contribution >= 4 is 7.85 Å². The van der Waals surface area contributed by atoms with Gasteiger partial charge >= 0.3 is 0 Å². The normalized spacial score (nSPS) is 14.7. The second-order valence-corrected chi connectivity index (χ2v) is 4.43. The van der Waals surface area contributed by atoms with Crippen LogP contribution in [0.15, 0.2) is 0 Å². The first-order valence-electron chi connectivity index (χ1n) is 5.00. The maximum Gasteiger partial charge on any atom is 0.0738 e. The molecule has 0 amide bonds. The molecule has 2 radical (unpaired) electrons. The van der Waals surface area contributed by atoms with Crippen LogP contribution in [-0.4, -0.2) is 13.9 Å².